The molecule has 0 radical (unpaired) electrons. The molecule has 3 rings (SSSR count). The maximum Gasteiger partial charge on any atom is 0.0535 e. The molecule has 112 valence electrons. The minimum absolute atomic E-state index is 0.0298. The van der Waals surface area contributed by atoms with Crippen LogP contribution in [0.25, 0.3) is 0 Å². The molecule has 3 heteroatoms. The van der Waals surface area contributed by atoms with Gasteiger partial charge in [-0.3, -0.25) is 4.90 Å². The zero-order valence-corrected chi connectivity index (χ0v) is 13.7. The normalized spacial score (nSPS) is 25.4. The largest absolute Gasteiger partial charge is 0.307 e. The van der Waals surface area contributed by atoms with E-state index in [1.165, 1.54) is 17.5 Å². The van der Waals surface area contributed by atoms with Crippen LogP contribution in [0.15, 0.2) is 47.2 Å². The quantitative estimate of drug-likeness (QED) is 0.921. The summed E-state index contributed by atoms with van der Waals surface area (Å²) in [6.07, 6.45) is 1.21. The minimum Gasteiger partial charge on any atom is -0.307 e. The monoisotopic (exact) mass is 300 g/mol. The van der Waals surface area contributed by atoms with Gasteiger partial charge in [0.15, 0.2) is 0 Å². The molecule has 0 saturated carbocycles. The minimum atomic E-state index is 0.0298. The average Bonchev–Trinajstić information content (AvgIpc) is 2.97. The summed E-state index contributed by atoms with van der Waals surface area (Å²) in [4.78, 5) is 2.62. The molecule has 0 spiro atoms. The van der Waals surface area contributed by atoms with Gasteiger partial charge < -0.3 is 5.32 Å². The van der Waals surface area contributed by atoms with Crippen molar-refractivity contribution in [3.8, 4) is 0 Å². The number of hydrogen-bond donors (Lipinski definition) is 1. The van der Waals surface area contributed by atoms with Crippen molar-refractivity contribution in [1.82, 2.24) is 10.2 Å². The van der Waals surface area contributed by atoms with E-state index in [4.69, 9.17) is 0 Å². The van der Waals surface area contributed by atoms with Gasteiger partial charge in [0.2, 0.25) is 0 Å². The van der Waals surface area contributed by atoms with Crippen LogP contribution in [-0.2, 0) is 5.54 Å². The van der Waals surface area contributed by atoms with E-state index in [1.807, 2.05) is 0 Å². The average molecular weight is 300 g/mol. The lowest BCUT2D eigenvalue weighted by molar-refractivity contribution is 0.172. The maximum absolute atomic E-state index is 3.77. The zero-order chi connectivity index (χ0) is 14.7. The van der Waals surface area contributed by atoms with Crippen molar-refractivity contribution in [2.45, 2.75) is 31.8 Å². The van der Waals surface area contributed by atoms with E-state index in [1.54, 1.807) is 11.3 Å². The van der Waals surface area contributed by atoms with E-state index < -0.39 is 0 Å². The predicted octanol–water partition coefficient (Wildman–Crippen LogP) is 4.02. The van der Waals surface area contributed by atoms with Crippen LogP contribution < -0.4 is 5.32 Å². The third-order valence-electron chi connectivity index (χ3n) is 4.64. The summed E-state index contributed by atoms with van der Waals surface area (Å²) in [5.74, 6) is 0. The van der Waals surface area contributed by atoms with Gasteiger partial charge in [0.25, 0.3) is 0 Å². The fourth-order valence-corrected chi connectivity index (χ4v) is 3.99. The summed E-state index contributed by atoms with van der Waals surface area (Å²) in [6.45, 7) is 7.96. The van der Waals surface area contributed by atoms with Crippen LogP contribution >= 0.6 is 11.3 Å². The lowest BCUT2D eigenvalue weighted by atomic mass is 9.91. The molecule has 1 aromatic carbocycles. The Bertz CT molecular complexity index is 552. The molecular formula is C18H24N2S. The Hall–Kier alpha value is -1.16. The highest BCUT2D eigenvalue weighted by atomic mass is 32.1. The fourth-order valence-electron chi connectivity index (χ4n) is 3.24. The molecule has 2 aromatic rings. The van der Waals surface area contributed by atoms with Gasteiger partial charge in [-0.2, -0.15) is 11.3 Å². The molecule has 21 heavy (non-hydrogen) atoms. The lowest BCUT2D eigenvalue weighted by Gasteiger charge is -2.36. The van der Waals surface area contributed by atoms with Gasteiger partial charge >= 0.3 is 0 Å². The van der Waals surface area contributed by atoms with Gasteiger partial charge in [0.1, 0.15) is 0 Å². The Morgan fingerprint density at radius 1 is 1.24 bits per heavy atom. The van der Waals surface area contributed by atoms with Crippen LogP contribution in [0.2, 0.25) is 0 Å². The molecule has 0 amide bonds. The van der Waals surface area contributed by atoms with E-state index in [2.05, 4.69) is 71.2 Å². The highest BCUT2D eigenvalue weighted by Gasteiger charge is 2.32. The van der Waals surface area contributed by atoms with Crippen LogP contribution in [0.4, 0.5) is 0 Å². The number of nitrogens with zero attached hydrogens (tertiary/aromatic N) is 1. The Morgan fingerprint density at radius 3 is 2.76 bits per heavy atom. The third kappa shape index (κ3) is 3.20. The first-order chi connectivity index (χ1) is 10.2. The van der Waals surface area contributed by atoms with Crippen LogP contribution in [0.5, 0.6) is 0 Å². The van der Waals surface area contributed by atoms with Gasteiger partial charge in [-0.1, -0.05) is 30.3 Å². The summed E-state index contributed by atoms with van der Waals surface area (Å²) in [6, 6.07) is 13.6. The summed E-state index contributed by atoms with van der Waals surface area (Å²) >= 11 is 1.79. The number of thiophene rings is 1. The summed E-state index contributed by atoms with van der Waals surface area (Å²) in [5, 5.41) is 8.22. The first kappa shape index (κ1) is 14.8. The van der Waals surface area contributed by atoms with Gasteiger partial charge in [0.05, 0.1) is 5.54 Å². The second kappa shape index (κ2) is 6.30. The third-order valence-corrected chi connectivity index (χ3v) is 5.34. The molecule has 2 unspecified atom stereocenters. The standard InChI is InChI=1S/C18H24N2S/c1-15(16-9-12-21-13-16)20-11-6-10-19-18(2,14-20)17-7-4-3-5-8-17/h3-5,7-9,12-13,15,19H,6,10-11,14H2,1-2H3. The van der Waals surface area contributed by atoms with Gasteiger partial charge in [0, 0.05) is 19.1 Å². The van der Waals surface area contributed by atoms with Crippen molar-refractivity contribution in [3.05, 3.63) is 58.3 Å². The number of benzene rings is 1. The van der Waals surface area contributed by atoms with Crippen molar-refractivity contribution >= 4 is 11.3 Å². The SMILES string of the molecule is CC(c1ccsc1)N1CCCNC(C)(c2ccccc2)C1. The van der Waals surface area contributed by atoms with Crippen molar-refractivity contribution in [2.24, 2.45) is 0 Å². The van der Waals surface area contributed by atoms with Crippen LogP contribution in [0.3, 0.4) is 0 Å². The lowest BCUT2D eigenvalue weighted by Crippen LogP contribution is -2.46. The summed E-state index contributed by atoms with van der Waals surface area (Å²) in [5.41, 5.74) is 2.86. The molecule has 1 fully saturated rings. The number of rotatable bonds is 3. The Kier molecular flexibility index (Phi) is 4.43. The first-order valence-electron chi connectivity index (χ1n) is 7.76. The number of nitrogens with one attached hydrogen (secondary N) is 1. The first-order valence-corrected chi connectivity index (χ1v) is 8.70. The smallest absolute Gasteiger partial charge is 0.0535 e. The topological polar surface area (TPSA) is 15.3 Å². The molecule has 0 bridgehead atoms. The second-order valence-corrected chi connectivity index (χ2v) is 6.96. The maximum atomic E-state index is 3.77. The van der Waals surface area contributed by atoms with Crippen molar-refractivity contribution < 1.29 is 0 Å². The van der Waals surface area contributed by atoms with Crippen LogP contribution in [-0.4, -0.2) is 24.5 Å². The van der Waals surface area contributed by atoms with Crippen LogP contribution in [0.1, 0.15) is 37.4 Å². The molecule has 2 nitrogen and oxygen atoms in total. The molecule has 1 aliphatic rings. The van der Waals surface area contributed by atoms with E-state index in [0.717, 1.165) is 19.6 Å². The van der Waals surface area contributed by atoms with Gasteiger partial charge in [-0.15, -0.1) is 0 Å². The molecule has 1 N–H and O–H groups in total. The van der Waals surface area contributed by atoms with E-state index in [-0.39, 0.29) is 5.54 Å². The van der Waals surface area contributed by atoms with Gasteiger partial charge in [-0.25, -0.2) is 0 Å². The number of hydrogen-bond acceptors (Lipinski definition) is 3. The Morgan fingerprint density at radius 2 is 2.05 bits per heavy atom. The van der Waals surface area contributed by atoms with Crippen molar-refractivity contribution in [3.63, 3.8) is 0 Å². The van der Waals surface area contributed by atoms with Crippen LogP contribution in [0, 0.1) is 0 Å². The fraction of sp³-hybridized carbons (Fsp3) is 0.444. The van der Waals surface area contributed by atoms with E-state index in [0.29, 0.717) is 6.04 Å². The molecule has 1 aromatic heterocycles. The molecule has 1 saturated heterocycles. The molecular weight excluding hydrogens is 276 g/mol. The highest BCUT2D eigenvalue weighted by Crippen LogP contribution is 2.30. The van der Waals surface area contributed by atoms with Crippen molar-refractivity contribution in [1.29, 1.82) is 0 Å². The predicted molar refractivity (Wildman–Crippen MR) is 90.7 cm³/mol. The highest BCUT2D eigenvalue weighted by molar-refractivity contribution is 7.07. The van der Waals surface area contributed by atoms with E-state index in [9.17, 15) is 0 Å². The summed E-state index contributed by atoms with van der Waals surface area (Å²) in [7, 11) is 0. The Balaban J connectivity index is 1.84. The zero-order valence-electron chi connectivity index (χ0n) is 12.9. The van der Waals surface area contributed by atoms with Crippen molar-refractivity contribution in [2.75, 3.05) is 19.6 Å². The van der Waals surface area contributed by atoms with E-state index >= 15 is 0 Å². The molecule has 2 atom stereocenters. The second-order valence-electron chi connectivity index (χ2n) is 6.18. The molecule has 2 heterocycles. The summed E-state index contributed by atoms with van der Waals surface area (Å²) < 4.78 is 0. The molecule has 0 aliphatic carbocycles. The molecule has 1 aliphatic heterocycles. The van der Waals surface area contributed by atoms with Gasteiger partial charge in [-0.05, 0) is 54.8 Å². The Labute approximate surface area is 131 Å².